The number of pyridine rings is 2. The van der Waals surface area contributed by atoms with Crippen molar-refractivity contribution in [2.75, 3.05) is 24.5 Å². The first-order valence-electron chi connectivity index (χ1n) is 12.0. The number of hydrogen-bond donors (Lipinski definition) is 3. The van der Waals surface area contributed by atoms with Gasteiger partial charge in [-0.1, -0.05) is 13.0 Å². The number of fused-ring (bicyclic) bond motifs is 2. The first-order chi connectivity index (χ1) is 16.8. The SMILES string of the molecule is CCNCc1cncc(-c2ccc3[nH]nc(-c4nc5c(N6CCCCC6)nccc5[nH]4)c3c2)c1. The van der Waals surface area contributed by atoms with Gasteiger partial charge >= 0.3 is 0 Å². The third-order valence-corrected chi connectivity index (χ3v) is 6.53. The van der Waals surface area contributed by atoms with Crippen LogP contribution in [0.2, 0.25) is 0 Å². The van der Waals surface area contributed by atoms with E-state index in [9.17, 15) is 0 Å². The maximum absolute atomic E-state index is 4.97. The van der Waals surface area contributed by atoms with Crippen molar-refractivity contribution in [1.29, 1.82) is 0 Å². The Balaban J connectivity index is 1.40. The van der Waals surface area contributed by atoms with Gasteiger partial charge < -0.3 is 15.2 Å². The molecule has 8 nitrogen and oxygen atoms in total. The molecule has 0 atom stereocenters. The average molecular weight is 453 g/mol. The van der Waals surface area contributed by atoms with Gasteiger partial charge in [0.1, 0.15) is 11.2 Å². The molecule has 1 aromatic carbocycles. The van der Waals surface area contributed by atoms with Crippen LogP contribution in [0.15, 0.2) is 48.9 Å². The number of nitrogens with zero attached hydrogens (tertiary/aromatic N) is 5. The lowest BCUT2D eigenvalue weighted by molar-refractivity contribution is 0.574. The number of benzene rings is 1. The molecule has 0 saturated carbocycles. The third kappa shape index (κ3) is 3.80. The molecule has 0 amide bonds. The van der Waals surface area contributed by atoms with E-state index in [4.69, 9.17) is 4.98 Å². The molecule has 1 aliphatic heterocycles. The van der Waals surface area contributed by atoms with Crippen LogP contribution in [-0.4, -0.2) is 49.8 Å². The first-order valence-corrected chi connectivity index (χ1v) is 12.0. The number of anilines is 1. The molecule has 0 spiro atoms. The van der Waals surface area contributed by atoms with Crippen molar-refractivity contribution < 1.29 is 0 Å². The zero-order valence-corrected chi connectivity index (χ0v) is 19.3. The molecule has 5 heterocycles. The summed E-state index contributed by atoms with van der Waals surface area (Å²) >= 11 is 0. The van der Waals surface area contributed by atoms with Crippen LogP contribution in [-0.2, 0) is 6.54 Å². The zero-order chi connectivity index (χ0) is 22.9. The van der Waals surface area contributed by atoms with Gasteiger partial charge in [0, 0.05) is 49.2 Å². The van der Waals surface area contributed by atoms with E-state index >= 15 is 0 Å². The Morgan fingerprint density at radius 1 is 1.00 bits per heavy atom. The molecule has 0 unspecified atom stereocenters. The molecule has 1 aliphatic rings. The lowest BCUT2D eigenvalue weighted by atomic mass is 10.0. The molecule has 8 heteroatoms. The minimum atomic E-state index is 0.753. The summed E-state index contributed by atoms with van der Waals surface area (Å²) in [6.45, 7) is 5.91. The normalized spacial score (nSPS) is 14.3. The topological polar surface area (TPSA) is 98.4 Å². The lowest BCUT2D eigenvalue weighted by Crippen LogP contribution is -2.30. The van der Waals surface area contributed by atoms with Crippen LogP contribution >= 0.6 is 0 Å². The highest BCUT2D eigenvalue weighted by molar-refractivity contribution is 5.97. The number of nitrogens with one attached hydrogen (secondary N) is 3. The van der Waals surface area contributed by atoms with Gasteiger partial charge in [-0.15, -0.1) is 0 Å². The van der Waals surface area contributed by atoms with Crippen LogP contribution < -0.4 is 10.2 Å². The number of rotatable bonds is 6. The predicted octanol–water partition coefficient (Wildman–Crippen LogP) is 4.66. The zero-order valence-electron chi connectivity index (χ0n) is 19.3. The van der Waals surface area contributed by atoms with E-state index < -0.39 is 0 Å². The van der Waals surface area contributed by atoms with Gasteiger partial charge in [-0.25, -0.2) is 9.97 Å². The van der Waals surface area contributed by atoms with Crippen molar-refractivity contribution in [2.24, 2.45) is 0 Å². The quantitative estimate of drug-likeness (QED) is 0.347. The third-order valence-electron chi connectivity index (χ3n) is 6.53. The summed E-state index contributed by atoms with van der Waals surface area (Å²) in [5, 5.41) is 12.2. The van der Waals surface area contributed by atoms with E-state index in [-0.39, 0.29) is 0 Å². The van der Waals surface area contributed by atoms with Gasteiger partial charge in [-0.3, -0.25) is 10.1 Å². The first kappa shape index (κ1) is 20.8. The molecule has 0 aliphatic carbocycles. The average Bonchev–Trinajstić information content (AvgIpc) is 3.51. The van der Waals surface area contributed by atoms with E-state index in [0.717, 1.165) is 76.6 Å². The van der Waals surface area contributed by atoms with Crippen molar-refractivity contribution in [2.45, 2.75) is 32.7 Å². The van der Waals surface area contributed by atoms with Crippen LogP contribution in [0, 0.1) is 0 Å². The van der Waals surface area contributed by atoms with Crippen LogP contribution in [0.5, 0.6) is 0 Å². The second-order valence-electron chi connectivity index (χ2n) is 8.86. The number of imidazole rings is 1. The standard InChI is InChI=1S/C26H28N8/c1-2-27-14-17-12-19(16-28-15-17)18-6-7-21-20(13-18)23(33-32-21)25-30-22-8-9-29-26(24(22)31-25)34-10-4-3-5-11-34/h6-9,12-13,15-16,27H,2-5,10-11,14H2,1H3,(H,30,31)(H,32,33). The summed E-state index contributed by atoms with van der Waals surface area (Å²) in [7, 11) is 0. The van der Waals surface area contributed by atoms with Crippen molar-refractivity contribution >= 4 is 27.8 Å². The fraction of sp³-hybridized carbons (Fsp3) is 0.308. The van der Waals surface area contributed by atoms with Gasteiger partial charge in [0.15, 0.2) is 11.6 Å². The highest BCUT2D eigenvalue weighted by atomic mass is 15.2. The van der Waals surface area contributed by atoms with E-state index in [1.807, 2.05) is 24.7 Å². The number of piperidine rings is 1. The number of hydrogen-bond acceptors (Lipinski definition) is 6. The summed E-state index contributed by atoms with van der Waals surface area (Å²) in [4.78, 5) is 19.9. The van der Waals surface area contributed by atoms with Gasteiger partial charge in [-0.05, 0) is 61.2 Å². The minimum Gasteiger partial charge on any atom is -0.355 e. The summed E-state index contributed by atoms with van der Waals surface area (Å²) in [6.07, 6.45) is 9.37. The van der Waals surface area contributed by atoms with Crippen LogP contribution in [0.4, 0.5) is 5.82 Å². The molecular formula is C26H28N8. The number of aromatic amines is 2. The molecule has 4 aromatic heterocycles. The van der Waals surface area contributed by atoms with Crippen molar-refractivity contribution in [3.63, 3.8) is 0 Å². The molecular weight excluding hydrogens is 424 g/mol. The fourth-order valence-electron chi connectivity index (χ4n) is 4.76. The highest BCUT2D eigenvalue weighted by Gasteiger charge is 2.19. The van der Waals surface area contributed by atoms with E-state index in [1.54, 1.807) is 0 Å². The summed E-state index contributed by atoms with van der Waals surface area (Å²) in [6, 6.07) is 10.5. The minimum absolute atomic E-state index is 0.753. The second-order valence-corrected chi connectivity index (χ2v) is 8.86. The smallest absolute Gasteiger partial charge is 0.159 e. The Bertz CT molecular complexity index is 1440. The van der Waals surface area contributed by atoms with Crippen molar-refractivity contribution in [3.05, 3.63) is 54.5 Å². The van der Waals surface area contributed by atoms with Crippen LogP contribution in [0.1, 0.15) is 31.7 Å². The summed E-state index contributed by atoms with van der Waals surface area (Å²) in [5.41, 5.74) is 7.05. The lowest BCUT2D eigenvalue weighted by Gasteiger charge is -2.27. The van der Waals surface area contributed by atoms with E-state index in [2.05, 4.69) is 66.6 Å². The maximum atomic E-state index is 4.97. The molecule has 1 saturated heterocycles. The molecule has 6 rings (SSSR count). The Hall–Kier alpha value is -3.78. The molecule has 3 N–H and O–H groups in total. The molecule has 172 valence electrons. The Labute approximate surface area is 197 Å². The molecule has 0 bridgehead atoms. The van der Waals surface area contributed by atoms with Crippen LogP contribution in [0.3, 0.4) is 0 Å². The number of H-pyrrole nitrogens is 2. The molecule has 0 radical (unpaired) electrons. The number of aromatic nitrogens is 6. The maximum Gasteiger partial charge on any atom is 0.159 e. The monoisotopic (exact) mass is 452 g/mol. The molecule has 34 heavy (non-hydrogen) atoms. The highest BCUT2D eigenvalue weighted by Crippen LogP contribution is 2.32. The van der Waals surface area contributed by atoms with Gasteiger partial charge in [0.25, 0.3) is 0 Å². The Morgan fingerprint density at radius 2 is 1.91 bits per heavy atom. The predicted molar refractivity (Wildman–Crippen MR) is 136 cm³/mol. The fourth-order valence-corrected chi connectivity index (χ4v) is 4.76. The summed E-state index contributed by atoms with van der Waals surface area (Å²) in [5.74, 6) is 1.72. The van der Waals surface area contributed by atoms with Gasteiger partial charge in [0.05, 0.1) is 11.0 Å². The molecule has 1 fully saturated rings. The van der Waals surface area contributed by atoms with Crippen LogP contribution in [0.25, 0.3) is 44.6 Å². The van der Waals surface area contributed by atoms with Crippen molar-refractivity contribution in [3.8, 4) is 22.6 Å². The van der Waals surface area contributed by atoms with Gasteiger partial charge in [0.2, 0.25) is 0 Å². The summed E-state index contributed by atoms with van der Waals surface area (Å²) < 4.78 is 0. The van der Waals surface area contributed by atoms with Gasteiger partial charge in [-0.2, -0.15) is 5.10 Å². The second kappa shape index (κ2) is 8.87. The van der Waals surface area contributed by atoms with E-state index in [1.165, 1.54) is 24.8 Å². The Kier molecular flexibility index (Phi) is 5.43. The largest absolute Gasteiger partial charge is 0.355 e. The Morgan fingerprint density at radius 3 is 2.79 bits per heavy atom. The molecule has 5 aromatic rings. The van der Waals surface area contributed by atoms with Crippen molar-refractivity contribution in [1.82, 2.24) is 35.5 Å². The van der Waals surface area contributed by atoms with E-state index in [0.29, 0.717) is 0 Å².